The van der Waals surface area contributed by atoms with E-state index in [4.69, 9.17) is 0 Å². The van der Waals surface area contributed by atoms with E-state index in [0.717, 1.165) is 10.6 Å². The summed E-state index contributed by atoms with van der Waals surface area (Å²) >= 11 is 0. The number of rotatable bonds is 2. The lowest BCUT2D eigenvalue weighted by Crippen LogP contribution is -2.30. The van der Waals surface area contributed by atoms with Gasteiger partial charge in [-0.25, -0.2) is 4.79 Å². The van der Waals surface area contributed by atoms with Gasteiger partial charge in [-0.15, -0.1) is 0 Å². The summed E-state index contributed by atoms with van der Waals surface area (Å²) in [6.45, 7) is 2.07. The van der Waals surface area contributed by atoms with Gasteiger partial charge >= 0.3 is 6.03 Å². The molecule has 2 rings (SSSR count). The molecule has 3 amide bonds. The lowest BCUT2D eigenvalue weighted by molar-refractivity contribution is -0.125. The number of hydrogen-bond acceptors (Lipinski definition) is 4. The number of aryl methyl sites for hydroxylation is 1. The third-order valence-corrected chi connectivity index (χ3v) is 2.09. The number of aromatic nitrogens is 2. The van der Waals surface area contributed by atoms with Gasteiger partial charge in [0.2, 0.25) is 5.91 Å². The van der Waals surface area contributed by atoms with Crippen molar-refractivity contribution in [1.82, 2.24) is 20.2 Å². The highest BCUT2D eigenvalue weighted by molar-refractivity contribution is 6.01. The summed E-state index contributed by atoms with van der Waals surface area (Å²) in [7, 11) is 0. The molecular weight excluding hydrogens is 196 g/mol. The Kier molecular flexibility index (Phi) is 2.32. The van der Waals surface area contributed by atoms with Crippen LogP contribution in [0.25, 0.3) is 0 Å². The topological polar surface area (TPSA) is 75.2 Å². The number of nitrogens with zero attached hydrogens (tertiary/aromatic N) is 3. The number of nitrogens with one attached hydrogen (secondary N) is 1. The Morgan fingerprint density at radius 1 is 1.40 bits per heavy atom. The first-order valence-corrected chi connectivity index (χ1v) is 4.52. The fraction of sp³-hybridized carbons (Fsp3) is 0.333. The minimum atomic E-state index is -0.373. The van der Waals surface area contributed by atoms with Gasteiger partial charge in [0.1, 0.15) is 0 Å². The molecule has 15 heavy (non-hydrogen) atoms. The zero-order chi connectivity index (χ0) is 10.8. The minimum Gasteiger partial charge on any atom is -0.329 e. The second-order valence-electron chi connectivity index (χ2n) is 3.29. The normalized spacial score (nSPS) is 15.7. The van der Waals surface area contributed by atoms with E-state index in [2.05, 4.69) is 15.3 Å². The Labute approximate surface area is 86.3 Å². The van der Waals surface area contributed by atoms with Crippen LogP contribution in [0.5, 0.6) is 0 Å². The lowest BCUT2D eigenvalue weighted by atomic mass is 10.4. The summed E-state index contributed by atoms with van der Waals surface area (Å²) in [5.74, 6) is -0.234. The highest BCUT2D eigenvalue weighted by Crippen LogP contribution is 2.05. The largest absolute Gasteiger partial charge is 0.329 e. The SMILES string of the molecule is Cc1cnc(CN2C(=O)CNC2=O)cn1. The molecule has 78 valence electrons. The summed E-state index contributed by atoms with van der Waals surface area (Å²) in [6.07, 6.45) is 3.17. The van der Waals surface area contributed by atoms with Gasteiger partial charge < -0.3 is 5.32 Å². The van der Waals surface area contributed by atoms with Crippen LogP contribution in [0.2, 0.25) is 0 Å². The zero-order valence-corrected chi connectivity index (χ0v) is 8.23. The standard InChI is InChI=1S/C9H10N4O2/c1-6-2-11-7(3-10-6)5-13-8(14)4-12-9(13)15/h2-3H,4-5H2,1H3,(H,12,15). The fourth-order valence-electron chi connectivity index (χ4n) is 1.28. The second kappa shape index (κ2) is 3.64. The van der Waals surface area contributed by atoms with Crippen LogP contribution >= 0.6 is 0 Å². The molecule has 0 aliphatic carbocycles. The fourth-order valence-corrected chi connectivity index (χ4v) is 1.28. The number of carbonyl (C=O) groups excluding carboxylic acids is 2. The molecule has 1 saturated heterocycles. The molecule has 0 radical (unpaired) electrons. The van der Waals surface area contributed by atoms with Crippen LogP contribution in [0, 0.1) is 6.92 Å². The molecule has 0 atom stereocenters. The average molecular weight is 206 g/mol. The van der Waals surface area contributed by atoms with Gasteiger partial charge in [-0.2, -0.15) is 0 Å². The maximum absolute atomic E-state index is 11.3. The Morgan fingerprint density at radius 3 is 2.73 bits per heavy atom. The van der Waals surface area contributed by atoms with E-state index in [-0.39, 0.29) is 25.0 Å². The van der Waals surface area contributed by atoms with Crippen molar-refractivity contribution in [1.29, 1.82) is 0 Å². The van der Waals surface area contributed by atoms with E-state index in [9.17, 15) is 9.59 Å². The molecule has 1 aromatic rings. The van der Waals surface area contributed by atoms with E-state index >= 15 is 0 Å². The molecule has 1 aliphatic rings. The van der Waals surface area contributed by atoms with Crippen molar-refractivity contribution in [3.63, 3.8) is 0 Å². The van der Waals surface area contributed by atoms with E-state index in [1.54, 1.807) is 12.4 Å². The van der Waals surface area contributed by atoms with Gasteiger partial charge in [-0.1, -0.05) is 0 Å². The summed E-state index contributed by atoms with van der Waals surface area (Å²) in [5.41, 5.74) is 1.40. The highest BCUT2D eigenvalue weighted by atomic mass is 16.2. The summed E-state index contributed by atoms with van der Waals surface area (Å²) in [4.78, 5) is 31.7. The first-order chi connectivity index (χ1) is 7.16. The van der Waals surface area contributed by atoms with Crippen molar-refractivity contribution in [3.8, 4) is 0 Å². The maximum atomic E-state index is 11.3. The lowest BCUT2D eigenvalue weighted by Gasteiger charge is -2.10. The zero-order valence-electron chi connectivity index (χ0n) is 8.23. The van der Waals surface area contributed by atoms with Gasteiger partial charge in [-0.3, -0.25) is 19.7 Å². The molecule has 1 aliphatic heterocycles. The molecule has 0 spiro atoms. The molecular formula is C9H10N4O2. The summed E-state index contributed by atoms with van der Waals surface area (Å²) in [5, 5.41) is 2.44. The number of urea groups is 1. The number of amides is 3. The van der Waals surface area contributed by atoms with Crippen LogP contribution in [0.4, 0.5) is 4.79 Å². The monoisotopic (exact) mass is 206 g/mol. The molecule has 1 aromatic heterocycles. The summed E-state index contributed by atoms with van der Waals surface area (Å²) < 4.78 is 0. The number of imide groups is 1. The maximum Gasteiger partial charge on any atom is 0.324 e. The Morgan fingerprint density at radius 2 is 2.20 bits per heavy atom. The Bertz CT molecular complexity index is 385. The predicted octanol–water partition coefficient (Wildman–Crippen LogP) is -0.163. The third-order valence-electron chi connectivity index (χ3n) is 2.09. The van der Waals surface area contributed by atoms with Crippen molar-refractivity contribution in [2.24, 2.45) is 0 Å². The molecule has 0 aromatic carbocycles. The molecule has 6 nitrogen and oxygen atoms in total. The van der Waals surface area contributed by atoms with E-state index in [1.165, 1.54) is 0 Å². The summed E-state index contributed by atoms with van der Waals surface area (Å²) in [6, 6.07) is -0.373. The predicted molar refractivity (Wildman–Crippen MR) is 50.7 cm³/mol. The van der Waals surface area contributed by atoms with Gasteiger partial charge in [0.25, 0.3) is 0 Å². The first-order valence-electron chi connectivity index (χ1n) is 4.52. The second-order valence-corrected chi connectivity index (χ2v) is 3.29. The van der Waals surface area contributed by atoms with E-state index in [0.29, 0.717) is 5.69 Å². The van der Waals surface area contributed by atoms with E-state index < -0.39 is 0 Å². The first kappa shape index (κ1) is 9.57. The number of carbonyl (C=O) groups is 2. The van der Waals surface area contributed by atoms with Crippen LogP contribution in [-0.2, 0) is 11.3 Å². The molecule has 2 heterocycles. The smallest absolute Gasteiger partial charge is 0.324 e. The Hall–Kier alpha value is -1.98. The quantitative estimate of drug-likeness (QED) is 0.682. The van der Waals surface area contributed by atoms with Crippen molar-refractivity contribution in [2.45, 2.75) is 13.5 Å². The molecule has 6 heteroatoms. The van der Waals surface area contributed by atoms with Gasteiger partial charge in [0.15, 0.2) is 0 Å². The van der Waals surface area contributed by atoms with Crippen LogP contribution in [0.15, 0.2) is 12.4 Å². The highest BCUT2D eigenvalue weighted by Gasteiger charge is 2.28. The average Bonchev–Trinajstić information content (AvgIpc) is 2.53. The van der Waals surface area contributed by atoms with Crippen molar-refractivity contribution in [2.75, 3.05) is 6.54 Å². The van der Waals surface area contributed by atoms with E-state index in [1.807, 2.05) is 6.92 Å². The van der Waals surface area contributed by atoms with Crippen LogP contribution in [0.1, 0.15) is 11.4 Å². The van der Waals surface area contributed by atoms with Gasteiger partial charge in [0.05, 0.1) is 30.7 Å². The molecule has 0 saturated carbocycles. The molecule has 0 unspecified atom stereocenters. The van der Waals surface area contributed by atoms with Crippen LogP contribution in [-0.4, -0.2) is 33.4 Å². The minimum absolute atomic E-state index is 0.0676. The van der Waals surface area contributed by atoms with Crippen molar-refractivity contribution in [3.05, 3.63) is 23.8 Å². The van der Waals surface area contributed by atoms with Crippen LogP contribution < -0.4 is 5.32 Å². The molecule has 0 bridgehead atoms. The Balaban J connectivity index is 2.11. The molecule has 1 fully saturated rings. The number of hydrogen-bond donors (Lipinski definition) is 1. The van der Waals surface area contributed by atoms with Gasteiger partial charge in [0, 0.05) is 6.20 Å². The third kappa shape index (κ3) is 1.93. The van der Waals surface area contributed by atoms with Crippen molar-refractivity contribution >= 4 is 11.9 Å². The van der Waals surface area contributed by atoms with Crippen molar-refractivity contribution < 1.29 is 9.59 Å². The molecule has 1 N–H and O–H groups in total. The van der Waals surface area contributed by atoms with Crippen LogP contribution in [0.3, 0.4) is 0 Å². The van der Waals surface area contributed by atoms with Gasteiger partial charge in [-0.05, 0) is 6.92 Å².